The van der Waals surface area contributed by atoms with E-state index in [1.165, 1.54) is 5.56 Å². The van der Waals surface area contributed by atoms with Crippen LogP contribution in [0, 0.1) is 0 Å². The molecule has 1 aromatic rings. The fourth-order valence-electron chi connectivity index (χ4n) is 1.87. The van der Waals surface area contributed by atoms with E-state index in [0.29, 0.717) is 6.61 Å². The zero-order valence-electron chi connectivity index (χ0n) is 11.1. The van der Waals surface area contributed by atoms with Crippen LogP contribution in [0.2, 0.25) is 0 Å². The Balaban J connectivity index is 2.90. The third kappa shape index (κ3) is 4.00. The predicted octanol–water partition coefficient (Wildman–Crippen LogP) is 3.73. The van der Waals surface area contributed by atoms with Crippen molar-refractivity contribution in [2.75, 3.05) is 20.2 Å². The summed E-state index contributed by atoms with van der Waals surface area (Å²) in [6, 6.07) is 6.26. The van der Waals surface area contributed by atoms with Crippen molar-refractivity contribution in [2.45, 2.75) is 32.6 Å². The topological polar surface area (TPSA) is 21.3 Å². The summed E-state index contributed by atoms with van der Waals surface area (Å²) < 4.78 is 6.62. The van der Waals surface area contributed by atoms with E-state index in [1.54, 1.807) is 0 Å². The molecular weight excluding hydrogens is 278 g/mol. The molecule has 3 heteroatoms. The van der Waals surface area contributed by atoms with Crippen molar-refractivity contribution >= 4 is 15.9 Å². The van der Waals surface area contributed by atoms with Crippen LogP contribution in [0.1, 0.15) is 32.8 Å². The van der Waals surface area contributed by atoms with Crippen molar-refractivity contribution in [3.8, 4) is 5.75 Å². The van der Waals surface area contributed by atoms with Crippen molar-refractivity contribution in [3.63, 3.8) is 0 Å². The van der Waals surface area contributed by atoms with E-state index < -0.39 is 0 Å². The van der Waals surface area contributed by atoms with Crippen LogP contribution in [0.4, 0.5) is 0 Å². The second kappa shape index (κ2) is 6.41. The summed E-state index contributed by atoms with van der Waals surface area (Å²) >= 11 is 3.64. The Labute approximate surface area is 113 Å². The van der Waals surface area contributed by atoms with Gasteiger partial charge in [-0.3, -0.25) is 0 Å². The van der Waals surface area contributed by atoms with E-state index >= 15 is 0 Å². The highest BCUT2D eigenvalue weighted by molar-refractivity contribution is 9.10. The van der Waals surface area contributed by atoms with Crippen LogP contribution in [-0.2, 0) is 5.41 Å². The van der Waals surface area contributed by atoms with Gasteiger partial charge in [-0.15, -0.1) is 0 Å². The summed E-state index contributed by atoms with van der Waals surface area (Å²) in [7, 11) is 1.99. The SMILES string of the molecule is CCOc1ccc(C(C)(C)CCNC)c(Br)c1. The van der Waals surface area contributed by atoms with Crippen LogP contribution in [0.15, 0.2) is 22.7 Å². The van der Waals surface area contributed by atoms with Gasteiger partial charge in [0.25, 0.3) is 0 Å². The average molecular weight is 300 g/mol. The van der Waals surface area contributed by atoms with E-state index in [-0.39, 0.29) is 5.41 Å². The molecule has 96 valence electrons. The molecule has 1 aromatic carbocycles. The molecule has 2 nitrogen and oxygen atoms in total. The second-order valence-corrected chi connectivity index (χ2v) is 5.67. The van der Waals surface area contributed by atoms with Gasteiger partial charge in [0, 0.05) is 4.47 Å². The molecule has 0 aromatic heterocycles. The van der Waals surface area contributed by atoms with Crippen LogP contribution in [0.25, 0.3) is 0 Å². The summed E-state index contributed by atoms with van der Waals surface area (Å²) in [4.78, 5) is 0. The van der Waals surface area contributed by atoms with Gasteiger partial charge in [0.15, 0.2) is 0 Å². The van der Waals surface area contributed by atoms with Gasteiger partial charge in [-0.05, 0) is 50.0 Å². The number of hydrogen-bond acceptors (Lipinski definition) is 2. The molecule has 0 aliphatic rings. The summed E-state index contributed by atoms with van der Waals surface area (Å²) in [5.41, 5.74) is 1.49. The fraction of sp³-hybridized carbons (Fsp3) is 0.571. The molecule has 0 atom stereocenters. The van der Waals surface area contributed by atoms with E-state index in [2.05, 4.69) is 47.2 Å². The molecule has 0 aliphatic heterocycles. The van der Waals surface area contributed by atoms with Gasteiger partial charge in [0.2, 0.25) is 0 Å². The molecule has 0 spiro atoms. The van der Waals surface area contributed by atoms with Crippen molar-refractivity contribution < 1.29 is 4.74 Å². The Morgan fingerprint density at radius 1 is 1.35 bits per heavy atom. The van der Waals surface area contributed by atoms with Crippen LogP contribution in [0.5, 0.6) is 5.75 Å². The molecular formula is C14H22BrNO. The molecule has 0 saturated carbocycles. The second-order valence-electron chi connectivity index (χ2n) is 4.81. The maximum Gasteiger partial charge on any atom is 0.120 e. The highest BCUT2D eigenvalue weighted by atomic mass is 79.9. The Hall–Kier alpha value is -0.540. The number of ether oxygens (including phenoxy) is 1. The molecule has 0 unspecified atom stereocenters. The average Bonchev–Trinajstić information content (AvgIpc) is 2.26. The van der Waals surface area contributed by atoms with E-state index in [4.69, 9.17) is 4.74 Å². The maximum absolute atomic E-state index is 5.49. The first-order chi connectivity index (χ1) is 8.01. The van der Waals surface area contributed by atoms with Crippen LogP contribution < -0.4 is 10.1 Å². The number of nitrogens with one attached hydrogen (secondary N) is 1. The zero-order valence-corrected chi connectivity index (χ0v) is 12.7. The highest BCUT2D eigenvalue weighted by Crippen LogP contribution is 2.34. The maximum atomic E-state index is 5.49. The van der Waals surface area contributed by atoms with Gasteiger partial charge >= 0.3 is 0 Å². The molecule has 0 saturated heterocycles. The van der Waals surface area contributed by atoms with Gasteiger partial charge in [-0.1, -0.05) is 35.8 Å². The molecule has 17 heavy (non-hydrogen) atoms. The molecule has 1 rings (SSSR count). The first-order valence-corrected chi connectivity index (χ1v) is 6.88. The summed E-state index contributed by atoms with van der Waals surface area (Å²) in [5, 5.41) is 3.20. The predicted molar refractivity (Wildman–Crippen MR) is 76.9 cm³/mol. The smallest absolute Gasteiger partial charge is 0.120 e. The molecule has 0 heterocycles. The van der Waals surface area contributed by atoms with Crippen LogP contribution >= 0.6 is 15.9 Å². The van der Waals surface area contributed by atoms with Crippen molar-refractivity contribution in [2.24, 2.45) is 0 Å². The third-order valence-corrected chi connectivity index (χ3v) is 3.64. The Kier molecular flexibility index (Phi) is 5.47. The van der Waals surface area contributed by atoms with Gasteiger partial charge in [-0.25, -0.2) is 0 Å². The number of benzene rings is 1. The number of hydrogen-bond donors (Lipinski definition) is 1. The van der Waals surface area contributed by atoms with Crippen LogP contribution in [0.3, 0.4) is 0 Å². The minimum atomic E-state index is 0.159. The summed E-state index contributed by atoms with van der Waals surface area (Å²) in [5.74, 6) is 0.924. The van der Waals surface area contributed by atoms with E-state index in [1.807, 2.05) is 20.0 Å². The van der Waals surface area contributed by atoms with Gasteiger partial charge in [0.05, 0.1) is 6.61 Å². The summed E-state index contributed by atoms with van der Waals surface area (Å²) in [6.07, 6.45) is 1.11. The Bertz CT molecular complexity index is 363. The number of halogens is 1. The molecule has 0 aliphatic carbocycles. The van der Waals surface area contributed by atoms with Crippen molar-refractivity contribution in [1.82, 2.24) is 5.32 Å². The van der Waals surface area contributed by atoms with Crippen molar-refractivity contribution in [3.05, 3.63) is 28.2 Å². The molecule has 0 fully saturated rings. The monoisotopic (exact) mass is 299 g/mol. The lowest BCUT2D eigenvalue weighted by molar-refractivity contribution is 0.339. The van der Waals surface area contributed by atoms with E-state index in [9.17, 15) is 0 Å². The fourth-order valence-corrected chi connectivity index (χ4v) is 2.77. The molecule has 1 N–H and O–H groups in total. The largest absolute Gasteiger partial charge is 0.494 e. The van der Waals surface area contributed by atoms with Crippen molar-refractivity contribution in [1.29, 1.82) is 0 Å². The molecule has 0 radical (unpaired) electrons. The highest BCUT2D eigenvalue weighted by Gasteiger charge is 2.22. The first-order valence-electron chi connectivity index (χ1n) is 6.08. The lowest BCUT2D eigenvalue weighted by atomic mass is 9.81. The minimum absolute atomic E-state index is 0.159. The zero-order chi connectivity index (χ0) is 12.9. The quantitative estimate of drug-likeness (QED) is 0.864. The van der Waals surface area contributed by atoms with Gasteiger partial charge in [-0.2, -0.15) is 0 Å². The lowest BCUT2D eigenvalue weighted by Gasteiger charge is -2.26. The van der Waals surface area contributed by atoms with Crippen LogP contribution in [-0.4, -0.2) is 20.2 Å². The third-order valence-electron chi connectivity index (χ3n) is 2.98. The standard InChI is InChI=1S/C14H22BrNO/c1-5-17-11-6-7-12(13(15)10-11)14(2,3)8-9-16-4/h6-7,10,16H,5,8-9H2,1-4H3. The summed E-state index contributed by atoms with van der Waals surface area (Å²) in [6.45, 7) is 8.26. The minimum Gasteiger partial charge on any atom is -0.494 e. The molecule has 0 amide bonds. The Morgan fingerprint density at radius 3 is 2.59 bits per heavy atom. The molecule has 0 bridgehead atoms. The van der Waals surface area contributed by atoms with Gasteiger partial charge < -0.3 is 10.1 Å². The van der Waals surface area contributed by atoms with E-state index in [0.717, 1.165) is 23.2 Å². The lowest BCUT2D eigenvalue weighted by Crippen LogP contribution is -2.23. The normalized spacial score (nSPS) is 11.6. The van der Waals surface area contributed by atoms with Gasteiger partial charge in [0.1, 0.15) is 5.75 Å². The Morgan fingerprint density at radius 2 is 2.06 bits per heavy atom. The number of rotatable bonds is 6. The first kappa shape index (κ1) is 14.5.